The van der Waals surface area contributed by atoms with Crippen molar-refractivity contribution in [3.63, 3.8) is 0 Å². The topological polar surface area (TPSA) is 63.9 Å². The van der Waals surface area contributed by atoms with Gasteiger partial charge in [-0.2, -0.15) is 0 Å². The fourth-order valence-electron chi connectivity index (χ4n) is 3.55. The molecule has 0 saturated carbocycles. The highest BCUT2D eigenvalue weighted by Crippen LogP contribution is 2.25. The number of nitrogens with zero attached hydrogens (tertiary/aromatic N) is 5. The molecule has 5 rings (SSSR count). The van der Waals surface area contributed by atoms with Crippen molar-refractivity contribution in [3.8, 4) is 22.8 Å². The molecule has 0 saturated heterocycles. The number of aromatic nitrogens is 4. The summed E-state index contributed by atoms with van der Waals surface area (Å²) in [5, 5.41) is 4.51. The highest BCUT2D eigenvalue weighted by atomic mass is 32.1. The zero-order valence-corrected chi connectivity index (χ0v) is 17.1. The summed E-state index contributed by atoms with van der Waals surface area (Å²) in [5.74, 6) is 0.0135. The van der Waals surface area contributed by atoms with Crippen molar-refractivity contribution < 1.29 is 13.6 Å². The summed E-state index contributed by atoms with van der Waals surface area (Å²) in [4.78, 5) is 24.8. The molecule has 6 nitrogen and oxygen atoms in total. The van der Waals surface area contributed by atoms with Gasteiger partial charge in [0, 0.05) is 29.0 Å². The number of hydrogen-bond acceptors (Lipinski definition) is 5. The number of benzene rings is 2. The maximum atomic E-state index is 13.4. The van der Waals surface area contributed by atoms with Crippen LogP contribution in [0.15, 0.2) is 54.0 Å². The molecule has 3 heterocycles. The van der Waals surface area contributed by atoms with Gasteiger partial charge in [-0.3, -0.25) is 4.79 Å². The molecule has 0 radical (unpaired) electrons. The van der Waals surface area contributed by atoms with Crippen LogP contribution >= 0.6 is 11.3 Å². The molecule has 0 spiro atoms. The SMILES string of the molecule is O=C(Cn1nc(-c2ccc(F)cc2)nc1-c1ccc(F)cc1)N1CCc2ncsc2C1. The van der Waals surface area contributed by atoms with Crippen molar-refractivity contribution in [2.75, 3.05) is 6.54 Å². The van der Waals surface area contributed by atoms with E-state index in [4.69, 9.17) is 0 Å². The minimum atomic E-state index is -0.363. The van der Waals surface area contributed by atoms with Crippen LogP contribution in [-0.2, 0) is 24.3 Å². The zero-order valence-electron chi connectivity index (χ0n) is 16.3. The number of hydrogen-bond donors (Lipinski definition) is 0. The molecule has 0 bridgehead atoms. The van der Waals surface area contributed by atoms with Crippen molar-refractivity contribution in [1.29, 1.82) is 0 Å². The molecule has 0 aliphatic carbocycles. The second-order valence-electron chi connectivity index (χ2n) is 7.22. The Morgan fingerprint density at radius 3 is 2.39 bits per heavy atom. The Labute approximate surface area is 180 Å². The molecule has 0 unspecified atom stereocenters. The fourth-order valence-corrected chi connectivity index (χ4v) is 4.37. The molecule has 156 valence electrons. The zero-order chi connectivity index (χ0) is 21.4. The van der Waals surface area contributed by atoms with Gasteiger partial charge < -0.3 is 4.90 Å². The lowest BCUT2D eigenvalue weighted by Gasteiger charge is -2.26. The molecule has 31 heavy (non-hydrogen) atoms. The van der Waals surface area contributed by atoms with Crippen LogP contribution in [0.5, 0.6) is 0 Å². The van der Waals surface area contributed by atoms with E-state index in [2.05, 4.69) is 15.1 Å². The highest BCUT2D eigenvalue weighted by molar-refractivity contribution is 7.09. The van der Waals surface area contributed by atoms with Crippen LogP contribution in [0.25, 0.3) is 22.8 Å². The second-order valence-corrected chi connectivity index (χ2v) is 8.16. The van der Waals surface area contributed by atoms with Crippen LogP contribution in [0.1, 0.15) is 10.6 Å². The predicted molar refractivity (Wildman–Crippen MR) is 112 cm³/mol. The van der Waals surface area contributed by atoms with Crippen LogP contribution in [0.2, 0.25) is 0 Å². The Balaban J connectivity index is 1.46. The van der Waals surface area contributed by atoms with Gasteiger partial charge in [-0.25, -0.2) is 23.4 Å². The molecule has 0 N–H and O–H groups in total. The van der Waals surface area contributed by atoms with E-state index in [1.807, 2.05) is 0 Å². The maximum absolute atomic E-state index is 13.4. The molecular weight excluding hydrogens is 420 g/mol. The maximum Gasteiger partial charge on any atom is 0.244 e. The summed E-state index contributed by atoms with van der Waals surface area (Å²) in [6.07, 6.45) is 0.730. The Morgan fingerprint density at radius 1 is 1.00 bits per heavy atom. The van der Waals surface area contributed by atoms with E-state index in [9.17, 15) is 13.6 Å². The first-order valence-electron chi connectivity index (χ1n) is 9.72. The van der Waals surface area contributed by atoms with Gasteiger partial charge in [-0.1, -0.05) is 0 Å². The molecule has 0 fully saturated rings. The number of halogens is 2. The van der Waals surface area contributed by atoms with Gasteiger partial charge in [0.15, 0.2) is 11.6 Å². The van der Waals surface area contributed by atoms with Crippen LogP contribution in [0.4, 0.5) is 8.78 Å². The Bertz CT molecular complexity index is 1230. The first kappa shape index (κ1) is 19.5. The average molecular weight is 437 g/mol. The monoisotopic (exact) mass is 437 g/mol. The molecule has 9 heteroatoms. The van der Waals surface area contributed by atoms with E-state index in [1.54, 1.807) is 46.0 Å². The first-order valence-corrected chi connectivity index (χ1v) is 10.6. The molecule has 1 amide bonds. The third-order valence-corrected chi connectivity index (χ3v) is 6.05. The largest absolute Gasteiger partial charge is 0.335 e. The average Bonchev–Trinajstić information content (AvgIpc) is 3.41. The third kappa shape index (κ3) is 3.96. The smallest absolute Gasteiger partial charge is 0.244 e. The number of carbonyl (C=O) groups excluding carboxylic acids is 1. The van der Waals surface area contributed by atoms with Crippen LogP contribution in [0, 0.1) is 11.6 Å². The second kappa shape index (κ2) is 7.99. The van der Waals surface area contributed by atoms with E-state index < -0.39 is 0 Å². The lowest BCUT2D eigenvalue weighted by atomic mass is 10.2. The summed E-state index contributed by atoms with van der Waals surface area (Å²) < 4.78 is 28.3. The minimum absolute atomic E-state index is 0.00492. The van der Waals surface area contributed by atoms with Crippen LogP contribution in [0.3, 0.4) is 0 Å². The van der Waals surface area contributed by atoms with Crippen molar-refractivity contribution in [2.45, 2.75) is 19.5 Å². The van der Waals surface area contributed by atoms with E-state index in [0.717, 1.165) is 17.0 Å². The number of carbonyl (C=O) groups is 1. The van der Waals surface area contributed by atoms with Gasteiger partial charge in [0.25, 0.3) is 0 Å². The van der Waals surface area contributed by atoms with Gasteiger partial charge in [0.1, 0.15) is 18.2 Å². The van der Waals surface area contributed by atoms with Crippen LogP contribution < -0.4 is 0 Å². The molecule has 2 aromatic carbocycles. The predicted octanol–water partition coefficient (Wildman–Crippen LogP) is 3.93. The number of amides is 1. The Kier molecular flexibility index (Phi) is 5.03. The summed E-state index contributed by atoms with van der Waals surface area (Å²) >= 11 is 1.55. The van der Waals surface area contributed by atoms with Crippen molar-refractivity contribution in [3.05, 3.63) is 76.2 Å². The Hall–Kier alpha value is -3.46. The summed E-state index contributed by atoms with van der Waals surface area (Å²) in [7, 11) is 0. The van der Waals surface area contributed by atoms with Crippen molar-refractivity contribution in [2.24, 2.45) is 0 Å². The summed E-state index contributed by atoms with van der Waals surface area (Å²) in [6, 6.07) is 11.7. The number of thiazole rings is 1. The lowest BCUT2D eigenvalue weighted by Crippen LogP contribution is -2.37. The first-order chi connectivity index (χ1) is 15.1. The number of rotatable bonds is 4. The molecule has 0 atom stereocenters. The van der Waals surface area contributed by atoms with Gasteiger partial charge >= 0.3 is 0 Å². The minimum Gasteiger partial charge on any atom is -0.335 e. The van der Waals surface area contributed by atoms with E-state index in [0.29, 0.717) is 35.9 Å². The van der Waals surface area contributed by atoms with Crippen molar-refractivity contribution in [1.82, 2.24) is 24.6 Å². The van der Waals surface area contributed by atoms with Gasteiger partial charge in [0.05, 0.1) is 17.7 Å². The number of fused-ring (bicyclic) bond motifs is 1. The molecular formula is C22H17F2N5OS. The van der Waals surface area contributed by atoms with Crippen LogP contribution in [-0.4, -0.2) is 37.1 Å². The van der Waals surface area contributed by atoms with Gasteiger partial charge in [-0.05, 0) is 48.5 Å². The quantitative estimate of drug-likeness (QED) is 0.485. The molecule has 1 aliphatic rings. The summed E-state index contributed by atoms with van der Waals surface area (Å²) in [5.41, 5.74) is 4.12. The molecule has 1 aliphatic heterocycles. The fraction of sp³-hybridized carbons (Fsp3) is 0.182. The summed E-state index contributed by atoms with van der Waals surface area (Å²) in [6.45, 7) is 1.13. The highest BCUT2D eigenvalue weighted by Gasteiger charge is 2.24. The normalized spacial score (nSPS) is 13.3. The standard InChI is InChI=1S/C22H17F2N5OS/c23-16-5-1-14(2-6-16)21-26-22(15-3-7-17(24)8-4-15)29(27-21)12-20(30)28-10-9-18-19(11-28)31-13-25-18/h1-8,13H,9-12H2. The van der Waals surface area contributed by atoms with Crippen molar-refractivity contribution >= 4 is 17.2 Å². The molecule has 2 aromatic heterocycles. The van der Waals surface area contributed by atoms with E-state index in [-0.39, 0.29) is 24.1 Å². The van der Waals surface area contributed by atoms with E-state index >= 15 is 0 Å². The molecule has 4 aromatic rings. The van der Waals surface area contributed by atoms with Gasteiger partial charge in [-0.15, -0.1) is 16.4 Å². The Morgan fingerprint density at radius 2 is 1.68 bits per heavy atom. The lowest BCUT2D eigenvalue weighted by molar-refractivity contribution is -0.132. The van der Waals surface area contributed by atoms with E-state index in [1.165, 1.54) is 28.9 Å². The van der Waals surface area contributed by atoms with Gasteiger partial charge in [0.2, 0.25) is 5.91 Å². The third-order valence-electron chi connectivity index (χ3n) is 5.19.